The SMILES string of the molecule is CSC(CO)C(C)NC1CCCSC1. The van der Waals surface area contributed by atoms with Crippen LogP contribution in [0.15, 0.2) is 0 Å². The fourth-order valence-corrected chi connectivity index (χ4v) is 3.51. The Morgan fingerprint density at radius 1 is 1.64 bits per heavy atom. The van der Waals surface area contributed by atoms with E-state index in [0.717, 1.165) is 0 Å². The molecule has 0 aromatic rings. The van der Waals surface area contributed by atoms with Crippen LogP contribution in [0.2, 0.25) is 0 Å². The van der Waals surface area contributed by atoms with Gasteiger partial charge in [-0.05, 0) is 31.8 Å². The number of nitrogens with one attached hydrogen (secondary N) is 1. The molecule has 2 nitrogen and oxygen atoms in total. The van der Waals surface area contributed by atoms with E-state index in [2.05, 4.69) is 18.5 Å². The van der Waals surface area contributed by atoms with Crippen molar-refractivity contribution < 1.29 is 5.11 Å². The molecule has 1 aliphatic heterocycles. The average molecular weight is 235 g/mol. The lowest BCUT2D eigenvalue weighted by Crippen LogP contribution is -2.45. The maximum Gasteiger partial charge on any atom is 0.0564 e. The molecule has 1 aliphatic rings. The molecule has 0 saturated carbocycles. The maximum atomic E-state index is 9.16. The zero-order chi connectivity index (χ0) is 10.4. The second-order valence-electron chi connectivity index (χ2n) is 3.83. The predicted octanol–water partition coefficient (Wildman–Crippen LogP) is 1.58. The van der Waals surface area contributed by atoms with Gasteiger partial charge in [0.2, 0.25) is 0 Å². The van der Waals surface area contributed by atoms with E-state index >= 15 is 0 Å². The third-order valence-corrected chi connectivity index (χ3v) is 5.08. The molecule has 3 atom stereocenters. The Kier molecular flexibility index (Phi) is 6.33. The van der Waals surface area contributed by atoms with Crippen molar-refractivity contribution in [3.8, 4) is 0 Å². The lowest BCUT2D eigenvalue weighted by molar-refractivity contribution is 0.270. The van der Waals surface area contributed by atoms with E-state index in [1.807, 2.05) is 11.8 Å². The quantitative estimate of drug-likeness (QED) is 0.758. The molecule has 0 aromatic carbocycles. The summed E-state index contributed by atoms with van der Waals surface area (Å²) in [5.41, 5.74) is 0. The molecular formula is C10H21NOS2. The molecule has 4 heteroatoms. The molecule has 1 rings (SSSR count). The molecule has 2 N–H and O–H groups in total. The first-order valence-electron chi connectivity index (χ1n) is 5.25. The number of aliphatic hydroxyl groups is 1. The summed E-state index contributed by atoms with van der Waals surface area (Å²) in [5.74, 6) is 2.55. The van der Waals surface area contributed by atoms with E-state index in [9.17, 15) is 0 Å². The van der Waals surface area contributed by atoms with Gasteiger partial charge in [-0.1, -0.05) is 0 Å². The maximum absolute atomic E-state index is 9.16. The van der Waals surface area contributed by atoms with Gasteiger partial charge in [0, 0.05) is 23.1 Å². The van der Waals surface area contributed by atoms with Crippen LogP contribution in [-0.2, 0) is 0 Å². The Labute approximate surface area is 95.6 Å². The minimum Gasteiger partial charge on any atom is -0.395 e. The standard InChI is InChI=1S/C10H21NOS2/c1-8(10(6-12)13-2)11-9-4-3-5-14-7-9/h8-12H,3-7H2,1-2H3. The average Bonchev–Trinajstić information content (AvgIpc) is 2.21. The normalized spacial score (nSPS) is 27.2. The first-order valence-corrected chi connectivity index (χ1v) is 7.69. The highest BCUT2D eigenvalue weighted by molar-refractivity contribution is 7.99. The third kappa shape index (κ3) is 4.01. The van der Waals surface area contributed by atoms with Crippen molar-refractivity contribution in [2.45, 2.75) is 37.1 Å². The van der Waals surface area contributed by atoms with Crippen LogP contribution >= 0.6 is 23.5 Å². The van der Waals surface area contributed by atoms with Crippen LogP contribution in [0.5, 0.6) is 0 Å². The molecular weight excluding hydrogens is 214 g/mol. The molecule has 1 heterocycles. The molecule has 14 heavy (non-hydrogen) atoms. The largest absolute Gasteiger partial charge is 0.395 e. The van der Waals surface area contributed by atoms with Crippen LogP contribution in [0.4, 0.5) is 0 Å². The summed E-state index contributed by atoms with van der Waals surface area (Å²) in [6, 6.07) is 1.07. The summed E-state index contributed by atoms with van der Waals surface area (Å²) in [6.07, 6.45) is 4.69. The summed E-state index contributed by atoms with van der Waals surface area (Å²) >= 11 is 3.79. The summed E-state index contributed by atoms with van der Waals surface area (Å²) in [6.45, 7) is 2.45. The molecule has 84 valence electrons. The van der Waals surface area contributed by atoms with Crippen LogP contribution < -0.4 is 5.32 Å². The summed E-state index contributed by atoms with van der Waals surface area (Å²) < 4.78 is 0. The monoisotopic (exact) mass is 235 g/mol. The van der Waals surface area contributed by atoms with Gasteiger partial charge in [-0.15, -0.1) is 0 Å². The molecule has 0 radical (unpaired) electrons. The first-order chi connectivity index (χ1) is 6.77. The Hall–Kier alpha value is 0.620. The second-order valence-corrected chi connectivity index (χ2v) is 6.05. The van der Waals surface area contributed by atoms with Gasteiger partial charge in [0.25, 0.3) is 0 Å². The van der Waals surface area contributed by atoms with Gasteiger partial charge in [-0.25, -0.2) is 0 Å². The molecule has 0 amide bonds. The Bertz CT molecular complexity index is 147. The summed E-state index contributed by atoms with van der Waals surface area (Å²) in [4.78, 5) is 0. The first kappa shape index (κ1) is 12.7. The van der Waals surface area contributed by atoms with Crippen LogP contribution in [0.1, 0.15) is 19.8 Å². The highest BCUT2D eigenvalue weighted by Crippen LogP contribution is 2.19. The van der Waals surface area contributed by atoms with Crippen LogP contribution in [-0.4, -0.2) is 46.8 Å². The highest BCUT2D eigenvalue weighted by atomic mass is 32.2. The van der Waals surface area contributed by atoms with Crippen molar-refractivity contribution in [2.75, 3.05) is 24.4 Å². The lowest BCUT2D eigenvalue weighted by Gasteiger charge is -2.29. The minimum atomic E-state index is 0.273. The zero-order valence-corrected chi connectivity index (χ0v) is 10.7. The van der Waals surface area contributed by atoms with E-state index in [0.29, 0.717) is 17.3 Å². The molecule has 1 fully saturated rings. The van der Waals surface area contributed by atoms with Crippen molar-refractivity contribution in [1.82, 2.24) is 5.32 Å². The van der Waals surface area contributed by atoms with Crippen LogP contribution in [0, 0.1) is 0 Å². The Balaban J connectivity index is 2.26. The van der Waals surface area contributed by atoms with Gasteiger partial charge in [-0.2, -0.15) is 23.5 Å². The van der Waals surface area contributed by atoms with E-state index in [4.69, 9.17) is 5.11 Å². The zero-order valence-electron chi connectivity index (χ0n) is 9.03. The number of hydrogen-bond donors (Lipinski definition) is 2. The van der Waals surface area contributed by atoms with Gasteiger partial charge in [0.1, 0.15) is 0 Å². The molecule has 3 unspecified atom stereocenters. The van der Waals surface area contributed by atoms with Crippen molar-refractivity contribution >= 4 is 23.5 Å². The topological polar surface area (TPSA) is 32.3 Å². The highest BCUT2D eigenvalue weighted by Gasteiger charge is 2.20. The molecule has 1 saturated heterocycles. The molecule has 0 aromatic heterocycles. The molecule has 0 spiro atoms. The minimum absolute atomic E-state index is 0.273. The van der Waals surface area contributed by atoms with Gasteiger partial charge >= 0.3 is 0 Å². The second kappa shape index (κ2) is 6.99. The summed E-state index contributed by atoms with van der Waals surface area (Å²) in [7, 11) is 0. The van der Waals surface area contributed by atoms with Crippen LogP contribution in [0.25, 0.3) is 0 Å². The van der Waals surface area contributed by atoms with Gasteiger partial charge in [0.15, 0.2) is 0 Å². The van der Waals surface area contributed by atoms with E-state index in [1.165, 1.54) is 24.3 Å². The number of aliphatic hydroxyl groups excluding tert-OH is 1. The van der Waals surface area contributed by atoms with E-state index in [1.54, 1.807) is 11.8 Å². The Morgan fingerprint density at radius 3 is 2.93 bits per heavy atom. The van der Waals surface area contributed by atoms with Crippen molar-refractivity contribution in [3.63, 3.8) is 0 Å². The predicted molar refractivity (Wildman–Crippen MR) is 67.3 cm³/mol. The fraction of sp³-hybridized carbons (Fsp3) is 1.00. The molecule has 0 bridgehead atoms. The third-order valence-electron chi connectivity index (χ3n) is 2.70. The lowest BCUT2D eigenvalue weighted by atomic mass is 10.1. The van der Waals surface area contributed by atoms with Gasteiger partial charge in [-0.3, -0.25) is 0 Å². The van der Waals surface area contributed by atoms with Crippen molar-refractivity contribution in [1.29, 1.82) is 0 Å². The molecule has 0 aliphatic carbocycles. The van der Waals surface area contributed by atoms with Crippen molar-refractivity contribution in [3.05, 3.63) is 0 Å². The number of rotatable bonds is 5. The number of hydrogen-bond acceptors (Lipinski definition) is 4. The van der Waals surface area contributed by atoms with E-state index in [-0.39, 0.29) is 6.61 Å². The van der Waals surface area contributed by atoms with Crippen molar-refractivity contribution in [2.24, 2.45) is 0 Å². The van der Waals surface area contributed by atoms with E-state index < -0.39 is 0 Å². The number of thioether (sulfide) groups is 2. The van der Waals surface area contributed by atoms with Crippen LogP contribution in [0.3, 0.4) is 0 Å². The smallest absolute Gasteiger partial charge is 0.0564 e. The Morgan fingerprint density at radius 2 is 2.43 bits per heavy atom. The fourth-order valence-electron chi connectivity index (χ4n) is 1.79. The van der Waals surface area contributed by atoms with Gasteiger partial charge in [0.05, 0.1) is 6.61 Å². The summed E-state index contributed by atoms with van der Waals surface area (Å²) in [5, 5.41) is 13.1. The van der Waals surface area contributed by atoms with Gasteiger partial charge < -0.3 is 10.4 Å².